The average molecular weight is 291 g/mol. The number of hydrogen-bond acceptors (Lipinski definition) is 2. The summed E-state index contributed by atoms with van der Waals surface area (Å²) < 4.78 is 13.3. The van der Waals surface area contributed by atoms with Crippen LogP contribution in [0.4, 0.5) is 10.1 Å². The highest BCUT2D eigenvalue weighted by Crippen LogP contribution is 2.31. The highest BCUT2D eigenvalue weighted by molar-refractivity contribution is 9.10. The first-order valence-electron chi connectivity index (χ1n) is 3.87. The van der Waals surface area contributed by atoms with E-state index in [4.69, 9.17) is 22.6 Å². The molecule has 3 nitrogen and oxygen atoms in total. The number of nitrogens with two attached hydrogens (primary N) is 1. The third-order valence-corrected chi connectivity index (χ3v) is 2.61. The topological polar surface area (TPSA) is 62.2 Å². The second-order valence-corrected chi connectivity index (χ2v) is 3.67. The molecule has 0 radical (unpaired) electrons. The number of aliphatic imine (C=N–C) groups is 1. The lowest BCUT2D eigenvalue weighted by Gasteiger charge is -2.03. The summed E-state index contributed by atoms with van der Waals surface area (Å²) in [6.07, 6.45) is 0. The van der Waals surface area contributed by atoms with Crippen LogP contribution < -0.4 is 5.73 Å². The molecule has 0 aliphatic carbocycles. The maximum atomic E-state index is 13.2. The number of rotatable bonds is 2. The van der Waals surface area contributed by atoms with E-state index in [0.29, 0.717) is 0 Å². The number of benzene rings is 1. The molecule has 0 spiro atoms. The Morgan fingerprint density at radius 1 is 1.67 bits per heavy atom. The molecule has 0 atom stereocenters. The number of alkyl halides is 1. The van der Waals surface area contributed by atoms with Crippen molar-refractivity contribution in [3.05, 3.63) is 28.0 Å². The van der Waals surface area contributed by atoms with Crippen molar-refractivity contribution in [1.29, 1.82) is 5.26 Å². The Morgan fingerprint density at radius 3 is 2.87 bits per heavy atom. The molecule has 0 unspecified atom stereocenters. The minimum Gasteiger partial charge on any atom is -0.386 e. The summed E-state index contributed by atoms with van der Waals surface area (Å²) in [7, 11) is 0. The number of hydrogen-bond donors (Lipinski definition) is 1. The summed E-state index contributed by atoms with van der Waals surface area (Å²) in [6, 6.07) is 4.40. The Labute approximate surface area is 99.5 Å². The predicted octanol–water partition coefficient (Wildman–Crippen LogP) is 2.69. The van der Waals surface area contributed by atoms with Gasteiger partial charge in [0.2, 0.25) is 0 Å². The molecule has 2 N–H and O–H groups in total. The third-order valence-electron chi connectivity index (χ3n) is 1.58. The van der Waals surface area contributed by atoms with Crippen LogP contribution in [0.1, 0.15) is 5.56 Å². The Bertz CT molecular complexity index is 453. The lowest BCUT2D eigenvalue weighted by Crippen LogP contribution is -2.12. The van der Waals surface area contributed by atoms with E-state index in [1.165, 1.54) is 12.1 Å². The fraction of sp³-hybridized carbons (Fsp3) is 0.111. The molecule has 0 fully saturated rings. The van der Waals surface area contributed by atoms with Crippen LogP contribution in [0.5, 0.6) is 0 Å². The van der Waals surface area contributed by atoms with Gasteiger partial charge in [-0.3, -0.25) is 0 Å². The van der Waals surface area contributed by atoms with Crippen molar-refractivity contribution in [2.45, 2.75) is 0 Å². The van der Waals surface area contributed by atoms with Crippen molar-refractivity contribution in [2.75, 3.05) is 5.88 Å². The van der Waals surface area contributed by atoms with Gasteiger partial charge in [0.1, 0.15) is 23.4 Å². The van der Waals surface area contributed by atoms with Crippen LogP contribution in [0.25, 0.3) is 0 Å². The van der Waals surface area contributed by atoms with Gasteiger partial charge >= 0.3 is 0 Å². The summed E-state index contributed by atoms with van der Waals surface area (Å²) in [6.45, 7) is 0. The van der Waals surface area contributed by atoms with E-state index in [1.807, 2.05) is 6.07 Å². The number of halogens is 3. The van der Waals surface area contributed by atoms with E-state index >= 15 is 0 Å². The van der Waals surface area contributed by atoms with Crippen molar-refractivity contribution in [3.63, 3.8) is 0 Å². The fourth-order valence-corrected chi connectivity index (χ4v) is 1.41. The molecule has 0 amide bonds. The van der Waals surface area contributed by atoms with Gasteiger partial charge in [-0.1, -0.05) is 0 Å². The first kappa shape index (κ1) is 12.0. The van der Waals surface area contributed by atoms with Gasteiger partial charge in [-0.15, -0.1) is 11.6 Å². The number of amidine groups is 1. The van der Waals surface area contributed by atoms with Crippen molar-refractivity contribution >= 4 is 39.1 Å². The van der Waals surface area contributed by atoms with Gasteiger partial charge in [0.15, 0.2) is 0 Å². The van der Waals surface area contributed by atoms with Crippen LogP contribution in [-0.4, -0.2) is 11.7 Å². The second-order valence-electron chi connectivity index (χ2n) is 2.61. The SMILES string of the molecule is N#Cc1ccc(F)c(Br)c1N=C(N)CCl. The zero-order chi connectivity index (χ0) is 11.4. The first-order valence-corrected chi connectivity index (χ1v) is 5.20. The van der Waals surface area contributed by atoms with Crippen LogP contribution in [0.3, 0.4) is 0 Å². The summed E-state index contributed by atoms with van der Waals surface area (Å²) >= 11 is 8.44. The van der Waals surface area contributed by atoms with Gasteiger partial charge in [-0.25, -0.2) is 9.38 Å². The fourth-order valence-electron chi connectivity index (χ4n) is 0.913. The third kappa shape index (κ3) is 2.67. The van der Waals surface area contributed by atoms with E-state index in [2.05, 4.69) is 20.9 Å². The molecule has 0 heterocycles. The lowest BCUT2D eigenvalue weighted by atomic mass is 10.2. The van der Waals surface area contributed by atoms with Crippen LogP contribution in [0.15, 0.2) is 21.6 Å². The molecule has 0 aromatic heterocycles. The van der Waals surface area contributed by atoms with Gasteiger partial charge in [-0.2, -0.15) is 5.26 Å². The van der Waals surface area contributed by atoms with E-state index in [-0.39, 0.29) is 27.4 Å². The smallest absolute Gasteiger partial charge is 0.139 e. The van der Waals surface area contributed by atoms with E-state index in [9.17, 15) is 4.39 Å². The molecular weight excluding hydrogens is 284 g/mol. The molecule has 6 heteroatoms. The molecule has 1 rings (SSSR count). The molecule has 0 aliphatic heterocycles. The molecule has 0 saturated heterocycles. The minimum absolute atomic E-state index is 0.0216. The summed E-state index contributed by atoms with van der Waals surface area (Å²) in [5, 5.41) is 8.78. The molecular formula is C9H6BrClFN3. The zero-order valence-corrected chi connectivity index (χ0v) is 9.81. The van der Waals surface area contributed by atoms with Gasteiger partial charge in [0, 0.05) is 0 Å². The van der Waals surface area contributed by atoms with Gasteiger partial charge in [0.25, 0.3) is 0 Å². The standard InChI is InChI=1S/C9H6BrClFN3/c10-8-6(12)2-1-5(4-13)9(8)15-7(14)3-11/h1-2H,3H2,(H2,14,15). The Hall–Kier alpha value is -1.12. The minimum atomic E-state index is -0.505. The van der Waals surface area contributed by atoms with Crippen LogP contribution >= 0.6 is 27.5 Å². The normalized spacial score (nSPS) is 11.2. The lowest BCUT2D eigenvalue weighted by molar-refractivity contribution is 0.621. The van der Waals surface area contributed by atoms with E-state index < -0.39 is 5.82 Å². The van der Waals surface area contributed by atoms with E-state index in [0.717, 1.165) is 0 Å². The Morgan fingerprint density at radius 2 is 2.33 bits per heavy atom. The quantitative estimate of drug-likeness (QED) is 0.517. The van der Waals surface area contributed by atoms with Crippen LogP contribution in [0.2, 0.25) is 0 Å². The van der Waals surface area contributed by atoms with Gasteiger partial charge in [0.05, 0.1) is 15.9 Å². The molecule has 0 saturated carbocycles. The molecule has 1 aromatic carbocycles. The molecule has 1 aromatic rings. The summed E-state index contributed by atoms with van der Waals surface area (Å²) in [5.41, 5.74) is 5.81. The predicted molar refractivity (Wildman–Crippen MR) is 60.8 cm³/mol. The second kappa shape index (κ2) is 5.10. The highest BCUT2D eigenvalue weighted by atomic mass is 79.9. The molecule has 15 heavy (non-hydrogen) atoms. The average Bonchev–Trinajstić information content (AvgIpc) is 2.25. The highest BCUT2D eigenvalue weighted by Gasteiger charge is 2.10. The molecule has 78 valence electrons. The number of nitriles is 1. The summed E-state index contributed by atoms with van der Waals surface area (Å²) in [4.78, 5) is 3.86. The maximum absolute atomic E-state index is 13.2. The number of nitrogens with zero attached hydrogens (tertiary/aromatic N) is 2. The van der Waals surface area contributed by atoms with Crippen molar-refractivity contribution in [1.82, 2.24) is 0 Å². The van der Waals surface area contributed by atoms with Crippen molar-refractivity contribution in [2.24, 2.45) is 10.7 Å². The van der Waals surface area contributed by atoms with Gasteiger partial charge < -0.3 is 5.73 Å². The summed E-state index contributed by atoms with van der Waals surface area (Å²) in [5.74, 6) is -0.358. The first-order chi connectivity index (χ1) is 7.10. The van der Waals surface area contributed by atoms with Crippen molar-refractivity contribution < 1.29 is 4.39 Å². The Kier molecular flexibility index (Phi) is 4.06. The van der Waals surface area contributed by atoms with Gasteiger partial charge in [-0.05, 0) is 28.1 Å². The largest absolute Gasteiger partial charge is 0.386 e. The molecule has 0 aliphatic rings. The monoisotopic (exact) mass is 289 g/mol. The maximum Gasteiger partial charge on any atom is 0.139 e. The zero-order valence-electron chi connectivity index (χ0n) is 7.47. The van der Waals surface area contributed by atoms with Crippen molar-refractivity contribution in [3.8, 4) is 6.07 Å². The van der Waals surface area contributed by atoms with Crippen LogP contribution in [0, 0.1) is 17.1 Å². The molecule has 0 bridgehead atoms. The Balaban J connectivity index is 3.38. The van der Waals surface area contributed by atoms with E-state index in [1.54, 1.807) is 0 Å². The van der Waals surface area contributed by atoms with Crippen LogP contribution in [-0.2, 0) is 0 Å².